The minimum atomic E-state index is -0.0381. The predicted molar refractivity (Wildman–Crippen MR) is 109 cm³/mol. The molecule has 2 saturated heterocycles. The number of hydrogen-bond donors (Lipinski definition) is 2. The number of carbonyl (C=O) groups is 1. The zero-order valence-electron chi connectivity index (χ0n) is 15.7. The van der Waals surface area contributed by atoms with Crippen LogP contribution in [0.1, 0.15) is 43.0 Å². The maximum absolute atomic E-state index is 13.4. The van der Waals surface area contributed by atoms with E-state index in [0.29, 0.717) is 17.5 Å². The molecule has 146 valence electrons. The van der Waals surface area contributed by atoms with Crippen LogP contribution in [-0.4, -0.2) is 28.1 Å². The van der Waals surface area contributed by atoms with Crippen LogP contribution in [-0.2, 0) is 6.54 Å². The average molecular weight is 397 g/mol. The molecule has 2 N–H and O–H groups in total. The highest BCUT2D eigenvalue weighted by molar-refractivity contribution is 6.30. The van der Waals surface area contributed by atoms with E-state index in [1.165, 1.54) is 12.8 Å². The second-order valence-corrected chi connectivity index (χ2v) is 8.45. The molecule has 1 saturated carbocycles. The van der Waals surface area contributed by atoms with E-state index >= 15 is 0 Å². The normalized spacial score (nSPS) is 29.5. The van der Waals surface area contributed by atoms with Gasteiger partial charge in [0.2, 0.25) is 0 Å². The molecule has 0 spiro atoms. The molecular weight excluding hydrogens is 372 g/mol. The quantitative estimate of drug-likeness (QED) is 0.814. The number of amides is 2. The second kappa shape index (κ2) is 7.39. The monoisotopic (exact) mass is 396 g/mol. The Morgan fingerprint density at radius 3 is 2.68 bits per heavy atom. The molecule has 3 aliphatic rings. The highest BCUT2D eigenvalue weighted by Gasteiger charge is 2.51. The number of nitrogens with one attached hydrogen (secondary N) is 2. The number of halogens is 1. The molecular formula is C22H25ClN4O. The van der Waals surface area contributed by atoms with E-state index in [-0.39, 0.29) is 24.4 Å². The first-order valence-electron chi connectivity index (χ1n) is 10.1. The largest absolute Gasteiger partial charge is 0.336 e. The number of rotatable bonds is 3. The van der Waals surface area contributed by atoms with Crippen molar-refractivity contribution in [1.82, 2.24) is 20.7 Å². The van der Waals surface area contributed by atoms with E-state index < -0.39 is 0 Å². The molecule has 3 fully saturated rings. The maximum atomic E-state index is 13.4. The Labute approximate surface area is 170 Å². The Hall–Kier alpha value is -2.08. The Balaban J connectivity index is 1.43. The van der Waals surface area contributed by atoms with Crippen LogP contribution < -0.4 is 10.7 Å². The molecule has 0 radical (unpaired) electrons. The van der Waals surface area contributed by atoms with Crippen molar-refractivity contribution in [2.45, 2.75) is 50.6 Å². The smallest absolute Gasteiger partial charge is 0.316 e. The summed E-state index contributed by atoms with van der Waals surface area (Å²) in [6, 6.07) is 18.4. The van der Waals surface area contributed by atoms with Crippen LogP contribution >= 0.6 is 11.6 Å². The van der Waals surface area contributed by atoms with Crippen molar-refractivity contribution in [3.8, 4) is 0 Å². The highest BCUT2D eigenvalue weighted by Crippen LogP contribution is 2.39. The van der Waals surface area contributed by atoms with Crippen LogP contribution in [0, 0.1) is 5.92 Å². The molecule has 2 heterocycles. The fourth-order valence-electron chi connectivity index (χ4n) is 5.00. The first-order valence-corrected chi connectivity index (χ1v) is 10.5. The van der Waals surface area contributed by atoms with Gasteiger partial charge in [0.05, 0.1) is 0 Å². The van der Waals surface area contributed by atoms with Crippen LogP contribution in [0.4, 0.5) is 4.79 Å². The third kappa shape index (κ3) is 3.17. The van der Waals surface area contributed by atoms with E-state index in [1.54, 1.807) is 0 Å². The van der Waals surface area contributed by atoms with E-state index in [1.807, 2.05) is 52.4 Å². The fraction of sp³-hybridized carbons (Fsp3) is 0.409. The molecule has 0 aromatic heterocycles. The summed E-state index contributed by atoms with van der Waals surface area (Å²) >= 11 is 6.18. The Kier molecular flexibility index (Phi) is 4.75. The van der Waals surface area contributed by atoms with Crippen LogP contribution in [0.5, 0.6) is 0 Å². The van der Waals surface area contributed by atoms with Gasteiger partial charge in [0.1, 0.15) is 12.3 Å². The minimum Gasteiger partial charge on any atom is -0.316 e. The number of carbonyl (C=O) groups excluding carboxylic acids is 1. The van der Waals surface area contributed by atoms with E-state index in [0.717, 1.165) is 24.0 Å². The number of hydrazine groups is 1. The number of fused-ring (bicyclic) bond motifs is 3. The summed E-state index contributed by atoms with van der Waals surface area (Å²) in [6.45, 7) is 0.599. The third-order valence-corrected chi connectivity index (χ3v) is 6.53. The van der Waals surface area contributed by atoms with Crippen molar-refractivity contribution in [2.75, 3.05) is 0 Å². The van der Waals surface area contributed by atoms with Crippen molar-refractivity contribution in [2.24, 2.45) is 5.92 Å². The molecule has 5 nitrogen and oxygen atoms in total. The minimum absolute atomic E-state index is 0.0381. The molecule has 2 aromatic carbocycles. The zero-order chi connectivity index (χ0) is 19.1. The van der Waals surface area contributed by atoms with Gasteiger partial charge in [0.15, 0.2) is 0 Å². The molecule has 1 aliphatic carbocycles. The number of hydrogen-bond acceptors (Lipinski definition) is 3. The van der Waals surface area contributed by atoms with Gasteiger partial charge >= 0.3 is 6.03 Å². The third-order valence-electron chi connectivity index (χ3n) is 6.30. The Morgan fingerprint density at radius 1 is 1.04 bits per heavy atom. The molecule has 6 heteroatoms. The van der Waals surface area contributed by atoms with Crippen LogP contribution in [0.15, 0.2) is 54.6 Å². The van der Waals surface area contributed by atoms with Gasteiger partial charge in [-0.2, -0.15) is 0 Å². The van der Waals surface area contributed by atoms with Crippen molar-refractivity contribution in [1.29, 1.82) is 0 Å². The topological polar surface area (TPSA) is 47.6 Å². The summed E-state index contributed by atoms with van der Waals surface area (Å²) < 4.78 is 0. The van der Waals surface area contributed by atoms with Gasteiger partial charge in [-0.3, -0.25) is 5.32 Å². The number of benzene rings is 2. The molecule has 4 unspecified atom stereocenters. The van der Waals surface area contributed by atoms with Gasteiger partial charge in [0, 0.05) is 23.5 Å². The summed E-state index contributed by atoms with van der Waals surface area (Å²) in [6.07, 6.45) is 4.62. The van der Waals surface area contributed by atoms with Gasteiger partial charge < -0.3 is 4.90 Å². The molecule has 0 bridgehead atoms. The summed E-state index contributed by atoms with van der Waals surface area (Å²) in [5, 5.41) is 6.22. The molecule has 5 rings (SSSR count). The van der Waals surface area contributed by atoms with Gasteiger partial charge in [-0.05, 0) is 36.1 Å². The van der Waals surface area contributed by atoms with Gasteiger partial charge in [-0.15, -0.1) is 0 Å². The summed E-state index contributed by atoms with van der Waals surface area (Å²) in [5.41, 5.74) is 5.65. The maximum Gasteiger partial charge on any atom is 0.336 e. The predicted octanol–water partition coefficient (Wildman–Crippen LogP) is 4.27. The van der Waals surface area contributed by atoms with Gasteiger partial charge in [-0.1, -0.05) is 66.9 Å². The molecule has 28 heavy (non-hydrogen) atoms. The lowest BCUT2D eigenvalue weighted by atomic mass is 9.80. The van der Waals surface area contributed by atoms with E-state index in [4.69, 9.17) is 11.6 Å². The van der Waals surface area contributed by atoms with Crippen LogP contribution in [0.3, 0.4) is 0 Å². The first-order chi connectivity index (χ1) is 13.7. The molecule has 2 aliphatic heterocycles. The summed E-state index contributed by atoms with van der Waals surface area (Å²) in [5.74, 6) is 0.423. The average Bonchev–Trinajstić information content (AvgIpc) is 3.18. The number of urea groups is 1. The van der Waals surface area contributed by atoms with E-state index in [2.05, 4.69) is 22.9 Å². The van der Waals surface area contributed by atoms with Crippen molar-refractivity contribution < 1.29 is 4.79 Å². The zero-order valence-corrected chi connectivity index (χ0v) is 16.5. The lowest BCUT2D eigenvalue weighted by molar-refractivity contribution is -0.00377. The summed E-state index contributed by atoms with van der Waals surface area (Å²) in [4.78, 5) is 15.5. The highest BCUT2D eigenvalue weighted by atomic mass is 35.5. The van der Waals surface area contributed by atoms with E-state index in [9.17, 15) is 4.79 Å². The fourth-order valence-corrected chi connectivity index (χ4v) is 5.21. The van der Waals surface area contributed by atoms with Crippen molar-refractivity contribution >= 4 is 17.6 Å². The van der Waals surface area contributed by atoms with Gasteiger partial charge in [-0.25, -0.2) is 15.2 Å². The molecule has 2 amide bonds. The van der Waals surface area contributed by atoms with Gasteiger partial charge in [0.25, 0.3) is 0 Å². The lowest BCUT2D eigenvalue weighted by Crippen LogP contribution is -2.65. The van der Waals surface area contributed by atoms with Crippen molar-refractivity contribution in [3.63, 3.8) is 0 Å². The molecule has 2 aromatic rings. The van der Waals surface area contributed by atoms with Crippen LogP contribution in [0.25, 0.3) is 0 Å². The molecule has 4 atom stereocenters. The van der Waals surface area contributed by atoms with Crippen molar-refractivity contribution in [3.05, 3.63) is 70.7 Å². The second-order valence-electron chi connectivity index (χ2n) is 8.01. The Bertz CT molecular complexity index is 861. The SMILES string of the molecule is O=C1N(Cc2cccc(Cl)c2)C2CCCCC2C2NC(c3ccccc3)NN12. The lowest BCUT2D eigenvalue weighted by Gasteiger charge is -2.49. The Morgan fingerprint density at radius 2 is 1.86 bits per heavy atom. The van der Waals surface area contributed by atoms with Crippen LogP contribution in [0.2, 0.25) is 5.02 Å². The summed E-state index contributed by atoms with van der Waals surface area (Å²) in [7, 11) is 0. The first kappa shape index (κ1) is 18.0. The number of nitrogens with zero attached hydrogens (tertiary/aromatic N) is 2. The standard InChI is InChI=1S/C22H25ClN4O/c23-17-10-6-7-15(13-17)14-26-19-12-5-4-11-18(19)21-24-20(25-27(21)22(26)28)16-8-2-1-3-9-16/h1-3,6-10,13,18-21,24-25H,4-5,11-12,14H2.